The van der Waals surface area contributed by atoms with Gasteiger partial charge >= 0.3 is 47.6 Å². The number of alkyl carbamates (subject to hydrolysis) is 1. The molecule has 0 fully saturated rings. The molecular weight excluding hydrogens is 1200 g/mol. The molecule has 25 heteroatoms. The Balaban J connectivity index is 0.0000792. The number of amides is 4. The van der Waals surface area contributed by atoms with Crippen LogP contribution in [0.5, 0.6) is 0 Å². The second kappa shape index (κ2) is 66.4. The monoisotopic (exact) mass is 1320 g/mol. The Morgan fingerprint density at radius 1 is 0.422 bits per heavy atom. The van der Waals surface area contributed by atoms with Crippen molar-refractivity contribution < 1.29 is 124 Å². The minimum atomic E-state index is -4.91. The van der Waals surface area contributed by atoms with Crippen LogP contribution in [0.3, 0.4) is 0 Å². The van der Waals surface area contributed by atoms with Crippen LogP contribution in [0.2, 0.25) is 0 Å². The van der Waals surface area contributed by atoms with E-state index in [-0.39, 0.29) is 94.2 Å². The Morgan fingerprint density at radius 2 is 0.767 bits per heavy atom. The van der Waals surface area contributed by atoms with Gasteiger partial charge in [-0.25, -0.2) is 4.79 Å². The van der Waals surface area contributed by atoms with Gasteiger partial charge in [-0.2, -0.15) is 0 Å². The summed E-state index contributed by atoms with van der Waals surface area (Å²) in [5, 5.41) is 5.07. The van der Waals surface area contributed by atoms with Crippen LogP contribution in [-0.4, -0.2) is 185 Å². The van der Waals surface area contributed by atoms with Crippen molar-refractivity contribution in [2.75, 3.05) is 139 Å². The van der Waals surface area contributed by atoms with Crippen molar-refractivity contribution in [3.8, 4) is 0 Å². The van der Waals surface area contributed by atoms with Gasteiger partial charge in [0.2, 0.25) is 5.91 Å². The van der Waals surface area contributed by atoms with Gasteiger partial charge in [0.1, 0.15) is 13.2 Å². The quantitative estimate of drug-likeness (QED) is 0.0147. The van der Waals surface area contributed by atoms with Crippen LogP contribution in [0.15, 0.2) is 12.2 Å². The van der Waals surface area contributed by atoms with E-state index < -0.39 is 57.0 Å². The second-order valence-electron chi connectivity index (χ2n) is 22.4. The molecule has 1 aliphatic rings. The summed E-state index contributed by atoms with van der Waals surface area (Å²) in [7, 11) is -4.91. The predicted octanol–water partition coefficient (Wildman–Crippen LogP) is 7.74. The molecule has 1 rings (SSSR count). The average molecular weight is 1320 g/mol. The van der Waals surface area contributed by atoms with E-state index in [4.69, 9.17) is 56.4 Å². The van der Waals surface area contributed by atoms with E-state index in [1.165, 1.54) is 153 Å². The fraction of sp³-hybridized carbons (Fsp3) is 0.877. The molecule has 90 heavy (non-hydrogen) atoms. The number of imide groups is 1. The molecule has 0 aromatic heterocycles. The number of rotatable bonds is 69. The van der Waals surface area contributed by atoms with Crippen LogP contribution >= 0.6 is 7.82 Å². The first-order chi connectivity index (χ1) is 43.5. The number of nitrogens with one attached hydrogen (secondary N) is 2. The fourth-order valence-electron chi connectivity index (χ4n) is 9.30. The Bertz CT molecular complexity index is 1790. The van der Waals surface area contributed by atoms with Crippen molar-refractivity contribution in [3.05, 3.63) is 12.2 Å². The first-order valence-corrected chi connectivity index (χ1v) is 35.6. The summed E-state index contributed by atoms with van der Waals surface area (Å²) in [6.07, 6.45) is 37.0. The Kier molecular flexibility index (Phi) is 64.5. The first-order valence-electron chi connectivity index (χ1n) is 34.2. The van der Waals surface area contributed by atoms with Gasteiger partial charge in [-0.05, 0) is 12.8 Å². The van der Waals surface area contributed by atoms with Gasteiger partial charge in [0.05, 0.1) is 106 Å². The van der Waals surface area contributed by atoms with Gasteiger partial charge in [0, 0.05) is 51.0 Å². The number of phosphoric acid groups is 1. The summed E-state index contributed by atoms with van der Waals surface area (Å²) in [4.78, 5) is 86.3. The number of carbonyl (C=O) groups excluding carboxylic acids is 6. The molecule has 0 bridgehead atoms. The summed E-state index contributed by atoms with van der Waals surface area (Å²) in [6, 6.07) is 0. The molecular formula is C65H119N3NaO20P. The van der Waals surface area contributed by atoms with Gasteiger partial charge in [-0.3, -0.25) is 33.4 Å². The fourth-order valence-corrected chi connectivity index (χ4v) is 10.0. The standard InChI is InChI=1S/C65H120N3O20P.Na/c1-3-5-7-9-11-13-15-17-19-21-23-25-27-29-31-33-63(72)85-57-59(88-64(73)34-32-30-28-26-24-22-20-18-16-14-12-10-8-6-4-2)58-87-89(75,76)86-42-39-67-65(74)84-56-55-83-54-53-82-52-51-81-50-49-80-48-47-79-46-45-78-44-43-77-41-38-66-60(69)37-40-68-61(70)35-36-62(68)71;/h35-36,59H,3-34,37-58H2,1-2H3,(H,66,69)(H,67,74)(H,75,76);/q;+1/p-1/t59-;/m1./s1. The average Bonchev–Trinajstić information content (AvgIpc) is 3.38. The summed E-state index contributed by atoms with van der Waals surface area (Å²) < 4.78 is 76.9. The molecule has 2 N–H and O–H groups in total. The maximum absolute atomic E-state index is 12.9. The van der Waals surface area contributed by atoms with E-state index in [0.29, 0.717) is 98.7 Å². The van der Waals surface area contributed by atoms with Crippen molar-refractivity contribution in [1.29, 1.82) is 0 Å². The zero-order valence-electron chi connectivity index (χ0n) is 56.0. The van der Waals surface area contributed by atoms with E-state index in [0.717, 1.165) is 43.4 Å². The van der Waals surface area contributed by atoms with Gasteiger partial charge in [0.25, 0.3) is 19.6 Å². The topological polar surface area (TPSA) is 281 Å². The minimum absolute atomic E-state index is 0. The molecule has 0 aliphatic carbocycles. The van der Waals surface area contributed by atoms with Crippen LogP contribution in [0.1, 0.15) is 226 Å². The zero-order valence-corrected chi connectivity index (χ0v) is 58.9. The smallest absolute Gasteiger partial charge is 0.756 e. The van der Waals surface area contributed by atoms with Gasteiger partial charge in [-0.1, -0.05) is 194 Å². The number of nitrogens with zero attached hydrogens (tertiary/aromatic N) is 1. The molecule has 0 radical (unpaired) electrons. The van der Waals surface area contributed by atoms with Crippen molar-refractivity contribution in [2.24, 2.45) is 0 Å². The number of unbranched alkanes of at least 4 members (excludes halogenated alkanes) is 28. The number of esters is 2. The third-order valence-corrected chi connectivity index (χ3v) is 15.4. The van der Waals surface area contributed by atoms with Gasteiger partial charge in [-0.15, -0.1) is 0 Å². The number of phosphoric ester groups is 1. The zero-order chi connectivity index (χ0) is 64.6. The van der Waals surface area contributed by atoms with Gasteiger partial charge < -0.3 is 71.9 Å². The molecule has 4 amide bonds. The third-order valence-electron chi connectivity index (χ3n) is 14.5. The number of ether oxygens (including phenoxy) is 10. The van der Waals surface area contributed by atoms with Gasteiger partial charge in [0.15, 0.2) is 6.10 Å². The summed E-state index contributed by atoms with van der Waals surface area (Å²) >= 11 is 0. The number of carbonyl (C=O) groups is 6. The normalized spacial score (nSPS) is 13.1. The molecule has 520 valence electrons. The van der Waals surface area contributed by atoms with Crippen LogP contribution in [0.25, 0.3) is 0 Å². The van der Waals surface area contributed by atoms with Crippen LogP contribution in [0.4, 0.5) is 4.79 Å². The summed E-state index contributed by atoms with van der Waals surface area (Å²) in [5.74, 6) is -2.08. The third kappa shape index (κ3) is 60.3. The Morgan fingerprint density at radius 3 is 1.17 bits per heavy atom. The molecule has 1 aliphatic heterocycles. The molecule has 1 unspecified atom stereocenters. The van der Waals surface area contributed by atoms with Crippen LogP contribution in [0, 0.1) is 0 Å². The van der Waals surface area contributed by atoms with E-state index in [9.17, 15) is 38.2 Å². The minimum Gasteiger partial charge on any atom is -0.756 e. The summed E-state index contributed by atoms with van der Waals surface area (Å²) in [5.41, 5.74) is 0. The van der Waals surface area contributed by atoms with E-state index >= 15 is 0 Å². The Hall–Kier alpha value is -2.61. The molecule has 23 nitrogen and oxygen atoms in total. The number of hydrogen-bond donors (Lipinski definition) is 2. The predicted molar refractivity (Wildman–Crippen MR) is 338 cm³/mol. The van der Waals surface area contributed by atoms with Crippen molar-refractivity contribution in [3.63, 3.8) is 0 Å². The van der Waals surface area contributed by atoms with E-state index in [1.54, 1.807) is 0 Å². The second-order valence-corrected chi connectivity index (χ2v) is 23.8. The summed E-state index contributed by atoms with van der Waals surface area (Å²) in [6.45, 7) is 7.96. The van der Waals surface area contributed by atoms with Crippen molar-refractivity contribution >= 4 is 43.6 Å². The van der Waals surface area contributed by atoms with Crippen LogP contribution < -0.4 is 45.1 Å². The van der Waals surface area contributed by atoms with Crippen LogP contribution in [-0.2, 0) is 85.0 Å². The van der Waals surface area contributed by atoms with E-state index in [1.807, 2.05) is 0 Å². The maximum atomic E-state index is 12.9. The molecule has 0 saturated heterocycles. The molecule has 2 atom stereocenters. The molecule has 0 spiro atoms. The molecule has 1 heterocycles. The first kappa shape index (κ1) is 87.4. The maximum Gasteiger partial charge on any atom is 1.00 e. The molecule has 0 aromatic carbocycles. The largest absolute Gasteiger partial charge is 1.00 e. The number of hydrogen-bond acceptors (Lipinski definition) is 20. The van der Waals surface area contributed by atoms with Crippen molar-refractivity contribution in [2.45, 2.75) is 232 Å². The SMILES string of the molecule is CCCCCCCCCCCCCCCCCC(=O)OC[C@H](COP(=O)([O-])OCCNC(=O)OCCOCCOCCOCCOCCOCCOCCOCCNC(=O)CCN1C(=O)C=CC1=O)OC(=O)CCCCCCCCCCCCCCCCC.[Na+]. The molecule has 0 aromatic rings. The van der Waals surface area contributed by atoms with E-state index in [2.05, 4.69) is 24.5 Å². The Labute approximate surface area is 562 Å². The van der Waals surface area contributed by atoms with Crippen molar-refractivity contribution in [1.82, 2.24) is 15.5 Å². The molecule has 0 saturated carbocycles.